The molecule has 6 heteroatoms. The highest BCUT2D eigenvalue weighted by atomic mass is 16.2. The number of primary amides is 1. The van der Waals surface area contributed by atoms with Crippen LogP contribution in [0.3, 0.4) is 0 Å². The van der Waals surface area contributed by atoms with Crippen LogP contribution in [-0.4, -0.2) is 49.6 Å². The van der Waals surface area contributed by atoms with Crippen molar-refractivity contribution in [3.8, 4) is 0 Å². The van der Waals surface area contributed by atoms with E-state index in [0.717, 1.165) is 36.4 Å². The SMILES string of the molecule is C=C(C)C1=NC(C(N)=O)=C(CN(C)CCCC)C1.CCC.CNC(=O)CC(C)(C)C. The van der Waals surface area contributed by atoms with Crippen molar-refractivity contribution in [3.63, 3.8) is 0 Å². The molecule has 1 heterocycles. The van der Waals surface area contributed by atoms with Gasteiger partial charge in [-0.25, -0.2) is 4.99 Å². The van der Waals surface area contributed by atoms with Crippen LogP contribution < -0.4 is 11.1 Å². The third-order valence-electron chi connectivity index (χ3n) is 4.01. The summed E-state index contributed by atoms with van der Waals surface area (Å²) in [6.07, 6.45) is 4.87. The number of hydrogen-bond acceptors (Lipinski definition) is 4. The van der Waals surface area contributed by atoms with Gasteiger partial charge in [-0.15, -0.1) is 0 Å². The number of carbonyl (C=O) groups is 2. The van der Waals surface area contributed by atoms with Gasteiger partial charge in [0.2, 0.25) is 5.91 Å². The molecular formula is C24H46N4O2. The van der Waals surface area contributed by atoms with Crippen molar-refractivity contribution in [2.75, 3.05) is 27.2 Å². The minimum Gasteiger partial charge on any atom is -0.364 e. The van der Waals surface area contributed by atoms with Crippen molar-refractivity contribution < 1.29 is 9.59 Å². The number of likely N-dealkylation sites (N-methyl/N-ethyl adjacent to an activating group) is 1. The van der Waals surface area contributed by atoms with Gasteiger partial charge in [-0.2, -0.15) is 0 Å². The molecule has 0 radical (unpaired) electrons. The van der Waals surface area contributed by atoms with Crippen LogP contribution in [0, 0.1) is 5.41 Å². The van der Waals surface area contributed by atoms with Crippen LogP contribution in [0.4, 0.5) is 0 Å². The second-order valence-corrected chi connectivity index (χ2v) is 9.04. The fourth-order valence-corrected chi connectivity index (χ4v) is 2.55. The lowest BCUT2D eigenvalue weighted by molar-refractivity contribution is -0.122. The van der Waals surface area contributed by atoms with Gasteiger partial charge in [0.15, 0.2) is 0 Å². The van der Waals surface area contributed by atoms with E-state index in [1.165, 1.54) is 12.8 Å². The molecule has 2 amide bonds. The topological polar surface area (TPSA) is 87.8 Å². The number of allylic oxidation sites excluding steroid dienone is 1. The molecule has 0 aliphatic carbocycles. The highest BCUT2D eigenvalue weighted by Gasteiger charge is 2.22. The minimum absolute atomic E-state index is 0.111. The van der Waals surface area contributed by atoms with Gasteiger partial charge in [0.1, 0.15) is 5.70 Å². The Labute approximate surface area is 185 Å². The lowest BCUT2D eigenvalue weighted by Gasteiger charge is -2.17. The third kappa shape index (κ3) is 15.0. The number of aliphatic imine (C=N–C) groups is 1. The number of nitrogens with zero attached hydrogens (tertiary/aromatic N) is 2. The standard InChI is InChI=1S/C14H23N3O.C7H15NO.C3H8/c1-5-6-7-17(4)9-11-8-12(10(2)3)16-13(11)14(15)18;1-7(2,3)5-6(9)8-4;1-3-2/h2,5-9H2,1,3-4H3,(H2,15,18);5H2,1-4H3,(H,8,9);3H2,1-2H3. The summed E-state index contributed by atoms with van der Waals surface area (Å²) in [5.41, 5.74) is 8.71. The normalized spacial score (nSPS) is 13.1. The van der Waals surface area contributed by atoms with Crippen LogP contribution in [0.2, 0.25) is 0 Å². The lowest BCUT2D eigenvalue weighted by Crippen LogP contribution is -2.24. The molecule has 0 saturated heterocycles. The van der Waals surface area contributed by atoms with Gasteiger partial charge in [-0.05, 0) is 43.5 Å². The van der Waals surface area contributed by atoms with Gasteiger partial charge < -0.3 is 16.0 Å². The quantitative estimate of drug-likeness (QED) is 0.605. The molecule has 1 aliphatic rings. The predicted molar refractivity (Wildman–Crippen MR) is 130 cm³/mol. The Bertz CT molecular complexity index is 613. The lowest BCUT2D eigenvalue weighted by atomic mass is 9.92. The highest BCUT2D eigenvalue weighted by molar-refractivity contribution is 6.08. The number of rotatable bonds is 8. The molecule has 0 fully saturated rings. The Hall–Kier alpha value is -1.95. The van der Waals surface area contributed by atoms with E-state index in [4.69, 9.17) is 5.73 Å². The van der Waals surface area contributed by atoms with E-state index in [0.29, 0.717) is 18.5 Å². The molecule has 0 unspecified atom stereocenters. The van der Waals surface area contributed by atoms with E-state index in [9.17, 15) is 9.59 Å². The number of amides is 2. The smallest absolute Gasteiger partial charge is 0.267 e. The van der Waals surface area contributed by atoms with Gasteiger partial charge >= 0.3 is 0 Å². The first-order chi connectivity index (χ1) is 13.8. The van der Waals surface area contributed by atoms with Crippen LogP contribution >= 0.6 is 0 Å². The molecule has 1 aliphatic heterocycles. The fraction of sp³-hybridized carbons (Fsp3) is 0.708. The average Bonchev–Trinajstić information content (AvgIpc) is 3.04. The van der Waals surface area contributed by atoms with Crippen molar-refractivity contribution in [2.24, 2.45) is 16.1 Å². The summed E-state index contributed by atoms with van der Waals surface area (Å²) in [6.45, 7) is 20.1. The second kappa shape index (κ2) is 15.8. The summed E-state index contributed by atoms with van der Waals surface area (Å²) in [6, 6.07) is 0. The predicted octanol–water partition coefficient (Wildman–Crippen LogP) is 4.46. The zero-order chi connectivity index (χ0) is 23.9. The van der Waals surface area contributed by atoms with E-state index in [-0.39, 0.29) is 11.3 Å². The monoisotopic (exact) mass is 422 g/mol. The van der Waals surface area contributed by atoms with E-state index in [1.54, 1.807) is 7.05 Å². The van der Waals surface area contributed by atoms with Crippen LogP contribution in [0.15, 0.2) is 28.4 Å². The molecule has 0 bridgehead atoms. The minimum atomic E-state index is -0.440. The van der Waals surface area contributed by atoms with Gasteiger partial charge in [-0.1, -0.05) is 61.0 Å². The summed E-state index contributed by atoms with van der Waals surface area (Å²) in [7, 11) is 3.72. The van der Waals surface area contributed by atoms with Crippen molar-refractivity contribution >= 4 is 17.5 Å². The summed E-state index contributed by atoms with van der Waals surface area (Å²) in [5.74, 6) is -0.326. The van der Waals surface area contributed by atoms with Gasteiger partial charge in [-0.3, -0.25) is 9.59 Å². The molecule has 1 rings (SSSR count). The summed E-state index contributed by atoms with van der Waals surface area (Å²) in [5, 5.41) is 2.58. The summed E-state index contributed by atoms with van der Waals surface area (Å²) in [4.78, 5) is 28.6. The Morgan fingerprint density at radius 1 is 1.23 bits per heavy atom. The van der Waals surface area contributed by atoms with E-state index in [1.807, 2.05) is 27.7 Å². The Morgan fingerprint density at radius 2 is 1.77 bits per heavy atom. The van der Waals surface area contributed by atoms with Crippen molar-refractivity contribution in [1.29, 1.82) is 0 Å². The first-order valence-electron chi connectivity index (χ1n) is 11.0. The van der Waals surface area contributed by atoms with Crippen LogP contribution in [0.25, 0.3) is 0 Å². The molecule has 0 saturated carbocycles. The van der Waals surface area contributed by atoms with Crippen LogP contribution in [0.1, 0.15) is 80.6 Å². The van der Waals surface area contributed by atoms with Gasteiger partial charge in [0.25, 0.3) is 5.91 Å². The summed E-state index contributed by atoms with van der Waals surface area (Å²) < 4.78 is 0. The molecule has 30 heavy (non-hydrogen) atoms. The second-order valence-electron chi connectivity index (χ2n) is 9.04. The largest absolute Gasteiger partial charge is 0.364 e. The van der Waals surface area contributed by atoms with Crippen molar-refractivity contribution in [2.45, 2.75) is 80.6 Å². The number of carbonyl (C=O) groups excluding carboxylic acids is 2. The molecule has 0 spiro atoms. The van der Waals surface area contributed by atoms with E-state index >= 15 is 0 Å². The van der Waals surface area contributed by atoms with Crippen LogP contribution in [-0.2, 0) is 9.59 Å². The first kappa shape index (κ1) is 30.2. The van der Waals surface area contributed by atoms with Gasteiger partial charge in [0.05, 0.1) is 0 Å². The first-order valence-corrected chi connectivity index (χ1v) is 11.0. The zero-order valence-electron chi connectivity index (χ0n) is 20.9. The molecule has 3 N–H and O–H groups in total. The maximum Gasteiger partial charge on any atom is 0.267 e. The molecule has 0 aromatic heterocycles. The van der Waals surface area contributed by atoms with E-state index < -0.39 is 5.91 Å². The molecular weight excluding hydrogens is 376 g/mol. The average molecular weight is 423 g/mol. The molecule has 6 nitrogen and oxygen atoms in total. The number of hydrogen-bond donors (Lipinski definition) is 2. The maximum absolute atomic E-state index is 11.4. The van der Waals surface area contributed by atoms with Crippen LogP contribution in [0.5, 0.6) is 0 Å². The number of unbranched alkanes of at least 4 members (excludes halogenated alkanes) is 1. The van der Waals surface area contributed by atoms with E-state index in [2.05, 4.69) is 49.6 Å². The zero-order valence-corrected chi connectivity index (χ0v) is 20.9. The number of nitrogens with one attached hydrogen (secondary N) is 1. The third-order valence-corrected chi connectivity index (χ3v) is 4.01. The Balaban J connectivity index is 0. The maximum atomic E-state index is 11.4. The van der Waals surface area contributed by atoms with Gasteiger partial charge in [0, 0.05) is 32.1 Å². The Morgan fingerprint density at radius 3 is 2.10 bits per heavy atom. The number of nitrogens with two attached hydrogens (primary N) is 1. The highest BCUT2D eigenvalue weighted by Crippen LogP contribution is 2.23. The van der Waals surface area contributed by atoms with Crippen molar-refractivity contribution in [3.05, 3.63) is 23.4 Å². The molecule has 0 atom stereocenters. The fourth-order valence-electron chi connectivity index (χ4n) is 2.55. The van der Waals surface area contributed by atoms with Crippen molar-refractivity contribution in [1.82, 2.24) is 10.2 Å². The Kier molecular flexibility index (Phi) is 16.0. The molecule has 0 aromatic rings. The molecule has 0 aromatic carbocycles. The molecule has 174 valence electrons. The summed E-state index contributed by atoms with van der Waals surface area (Å²) >= 11 is 0.